The van der Waals surface area contributed by atoms with E-state index >= 15 is 0 Å². The van der Waals surface area contributed by atoms with E-state index < -0.39 is 15.8 Å². The van der Waals surface area contributed by atoms with E-state index in [0.29, 0.717) is 19.4 Å². The van der Waals surface area contributed by atoms with Crippen LogP contribution in [0, 0.1) is 5.82 Å². The number of halogens is 2. The Morgan fingerprint density at radius 2 is 2.20 bits per heavy atom. The van der Waals surface area contributed by atoms with Gasteiger partial charge >= 0.3 is 0 Å². The Kier molecular flexibility index (Phi) is 5.17. The summed E-state index contributed by atoms with van der Waals surface area (Å²) >= 11 is 3.12. The van der Waals surface area contributed by atoms with Crippen molar-refractivity contribution in [3.63, 3.8) is 0 Å². The molecule has 7 heteroatoms. The number of sulfonamides is 1. The summed E-state index contributed by atoms with van der Waals surface area (Å²) in [5.74, 6) is -0.478. The Labute approximate surface area is 126 Å². The summed E-state index contributed by atoms with van der Waals surface area (Å²) in [4.78, 5) is 0.0924. The molecule has 1 atom stereocenters. The molecule has 0 amide bonds. The maximum absolute atomic E-state index is 13.1. The zero-order valence-corrected chi connectivity index (χ0v) is 13.3. The molecule has 1 unspecified atom stereocenters. The van der Waals surface area contributed by atoms with Gasteiger partial charge in [-0.1, -0.05) is 0 Å². The first-order valence-corrected chi connectivity index (χ1v) is 8.78. The van der Waals surface area contributed by atoms with Gasteiger partial charge in [0.1, 0.15) is 5.82 Å². The van der Waals surface area contributed by atoms with Gasteiger partial charge in [0.2, 0.25) is 10.0 Å². The fourth-order valence-corrected chi connectivity index (χ4v) is 5.29. The van der Waals surface area contributed by atoms with Gasteiger partial charge in [0.05, 0.1) is 4.90 Å². The summed E-state index contributed by atoms with van der Waals surface area (Å²) in [5.41, 5.74) is 0. The van der Waals surface area contributed by atoms with E-state index in [2.05, 4.69) is 15.9 Å². The second-order valence-corrected chi connectivity index (χ2v) is 7.57. The molecule has 112 valence electrons. The topological polar surface area (TPSA) is 57.6 Å². The van der Waals surface area contributed by atoms with Crippen LogP contribution in [-0.4, -0.2) is 37.0 Å². The molecule has 1 aliphatic heterocycles. The number of rotatable bonds is 5. The Hall–Kier alpha value is -0.500. The predicted octanol–water partition coefficient (Wildman–Crippen LogP) is 2.51. The zero-order valence-electron chi connectivity index (χ0n) is 10.9. The lowest BCUT2D eigenvalue weighted by Gasteiger charge is -2.24. The van der Waals surface area contributed by atoms with Crippen LogP contribution >= 0.6 is 15.9 Å². The summed E-state index contributed by atoms with van der Waals surface area (Å²) in [6, 6.07) is 3.52. The molecule has 0 saturated carbocycles. The average molecular weight is 366 g/mol. The first-order valence-electron chi connectivity index (χ1n) is 6.54. The summed E-state index contributed by atoms with van der Waals surface area (Å²) in [6.45, 7) is 0.535. The minimum absolute atomic E-state index is 0.0601. The number of hydrogen-bond donors (Lipinski definition) is 1. The smallest absolute Gasteiger partial charge is 0.244 e. The number of benzene rings is 1. The predicted molar refractivity (Wildman–Crippen MR) is 77.3 cm³/mol. The second-order valence-electron chi connectivity index (χ2n) is 4.85. The van der Waals surface area contributed by atoms with E-state index in [4.69, 9.17) is 5.11 Å². The summed E-state index contributed by atoms with van der Waals surface area (Å²) in [5, 5.41) is 8.89. The highest BCUT2D eigenvalue weighted by Gasteiger charge is 2.35. The number of aliphatic hydroxyl groups is 1. The number of hydrogen-bond acceptors (Lipinski definition) is 3. The largest absolute Gasteiger partial charge is 0.396 e. The third-order valence-electron chi connectivity index (χ3n) is 3.50. The molecule has 1 aromatic carbocycles. The Morgan fingerprint density at radius 1 is 1.45 bits per heavy atom. The van der Waals surface area contributed by atoms with Gasteiger partial charge in [-0.2, -0.15) is 4.31 Å². The van der Waals surface area contributed by atoms with Crippen molar-refractivity contribution in [1.29, 1.82) is 0 Å². The molecule has 2 rings (SSSR count). The van der Waals surface area contributed by atoms with Gasteiger partial charge in [0.25, 0.3) is 0 Å². The average Bonchev–Trinajstić information content (AvgIpc) is 2.84. The van der Waals surface area contributed by atoms with Crippen LogP contribution in [0.5, 0.6) is 0 Å². The lowest BCUT2D eigenvalue weighted by molar-refractivity contribution is 0.264. The second kappa shape index (κ2) is 6.51. The van der Waals surface area contributed by atoms with E-state index in [9.17, 15) is 12.8 Å². The van der Waals surface area contributed by atoms with E-state index in [1.54, 1.807) is 0 Å². The lowest BCUT2D eigenvalue weighted by atomic mass is 10.1. The van der Waals surface area contributed by atoms with Crippen LogP contribution in [0.15, 0.2) is 27.6 Å². The third-order valence-corrected chi connectivity index (χ3v) is 6.43. The molecule has 1 aliphatic rings. The summed E-state index contributed by atoms with van der Waals surface area (Å²) in [7, 11) is -3.63. The highest BCUT2D eigenvalue weighted by molar-refractivity contribution is 9.10. The van der Waals surface area contributed by atoms with Gasteiger partial charge in [-0.05, 0) is 59.8 Å². The van der Waals surface area contributed by atoms with Crippen molar-refractivity contribution in [2.24, 2.45) is 0 Å². The van der Waals surface area contributed by atoms with Crippen molar-refractivity contribution in [2.45, 2.75) is 36.6 Å². The van der Waals surface area contributed by atoms with Gasteiger partial charge in [-0.25, -0.2) is 12.8 Å². The fourth-order valence-electron chi connectivity index (χ4n) is 2.55. The van der Waals surface area contributed by atoms with E-state index in [1.165, 1.54) is 10.4 Å². The molecule has 1 fully saturated rings. The van der Waals surface area contributed by atoms with Crippen molar-refractivity contribution in [2.75, 3.05) is 13.2 Å². The molecule has 0 aromatic heterocycles. The Morgan fingerprint density at radius 3 is 2.85 bits per heavy atom. The zero-order chi connectivity index (χ0) is 14.8. The quantitative estimate of drug-likeness (QED) is 0.871. The van der Waals surface area contributed by atoms with Crippen LogP contribution in [0.1, 0.15) is 25.7 Å². The van der Waals surface area contributed by atoms with Gasteiger partial charge in [0, 0.05) is 23.7 Å². The van der Waals surface area contributed by atoms with E-state index in [-0.39, 0.29) is 22.0 Å². The molecule has 20 heavy (non-hydrogen) atoms. The van der Waals surface area contributed by atoms with Crippen LogP contribution in [-0.2, 0) is 10.0 Å². The lowest BCUT2D eigenvalue weighted by Crippen LogP contribution is -2.35. The van der Waals surface area contributed by atoms with Gasteiger partial charge in [-0.3, -0.25) is 0 Å². The van der Waals surface area contributed by atoms with Crippen LogP contribution in [0.3, 0.4) is 0 Å². The molecule has 1 heterocycles. The van der Waals surface area contributed by atoms with Crippen molar-refractivity contribution < 1.29 is 17.9 Å². The first kappa shape index (κ1) is 15.9. The standard InChI is InChI=1S/C13H17BrFNO3S/c14-12-9-10(15)5-6-13(12)20(18,19)16-7-1-3-11(16)4-2-8-17/h5-6,9,11,17H,1-4,7-8H2. The highest BCUT2D eigenvalue weighted by atomic mass is 79.9. The van der Waals surface area contributed by atoms with Crippen molar-refractivity contribution >= 4 is 26.0 Å². The highest BCUT2D eigenvalue weighted by Crippen LogP contribution is 2.32. The molecule has 0 aliphatic carbocycles. The Balaban J connectivity index is 2.29. The third kappa shape index (κ3) is 3.21. The van der Waals surface area contributed by atoms with Gasteiger partial charge in [-0.15, -0.1) is 0 Å². The fraction of sp³-hybridized carbons (Fsp3) is 0.538. The Bertz CT molecular complexity index is 579. The minimum atomic E-state index is -3.63. The van der Waals surface area contributed by atoms with E-state index in [1.807, 2.05) is 0 Å². The van der Waals surface area contributed by atoms with Gasteiger partial charge < -0.3 is 5.11 Å². The molecule has 1 aromatic rings. The monoisotopic (exact) mass is 365 g/mol. The van der Waals surface area contributed by atoms with Crippen molar-refractivity contribution in [1.82, 2.24) is 4.31 Å². The van der Waals surface area contributed by atoms with Crippen molar-refractivity contribution in [3.8, 4) is 0 Å². The maximum Gasteiger partial charge on any atom is 0.244 e. The first-order chi connectivity index (χ1) is 9.46. The van der Waals surface area contributed by atoms with E-state index in [0.717, 1.165) is 25.0 Å². The van der Waals surface area contributed by atoms with Crippen LogP contribution in [0.4, 0.5) is 4.39 Å². The number of nitrogens with zero attached hydrogens (tertiary/aromatic N) is 1. The molecular formula is C13H17BrFNO3S. The van der Waals surface area contributed by atoms with Crippen molar-refractivity contribution in [3.05, 3.63) is 28.5 Å². The molecule has 0 bridgehead atoms. The molecule has 0 radical (unpaired) electrons. The molecule has 1 saturated heterocycles. The molecule has 4 nitrogen and oxygen atoms in total. The van der Waals surface area contributed by atoms with Gasteiger partial charge in [0.15, 0.2) is 0 Å². The normalized spacial score (nSPS) is 20.4. The minimum Gasteiger partial charge on any atom is -0.396 e. The molecule has 1 N–H and O–H groups in total. The molecule has 0 spiro atoms. The summed E-state index contributed by atoms with van der Waals surface area (Å²) in [6.07, 6.45) is 2.85. The number of aliphatic hydroxyl groups excluding tert-OH is 1. The maximum atomic E-state index is 13.1. The SMILES string of the molecule is O=S(=O)(c1ccc(F)cc1Br)N1CCCC1CCCO. The van der Waals surface area contributed by atoms with Crippen LogP contribution in [0.2, 0.25) is 0 Å². The molecular weight excluding hydrogens is 349 g/mol. The summed E-state index contributed by atoms with van der Waals surface area (Å²) < 4.78 is 40.1. The van der Waals surface area contributed by atoms with Crippen LogP contribution in [0.25, 0.3) is 0 Å². The van der Waals surface area contributed by atoms with Crippen LogP contribution < -0.4 is 0 Å².